The third-order valence-corrected chi connectivity index (χ3v) is 3.61. The number of carbonyl (C=O) groups excluding carboxylic acids is 1. The van der Waals surface area contributed by atoms with Gasteiger partial charge in [0.25, 0.3) is 0 Å². The molecule has 1 fully saturated rings. The van der Waals surface area contributed by atoms with Crippen LogP contribution in [0, 0.1) is 12.8 Å². The molecular weight excluding hydrogens is 268 g/mol. The smallest absolute Gasteiger partial charge is 0.228 e. The zero-order chi connectivity index (χ0) is 11.7. The lowest BCUT2D eigenvalue weighted by Gasteiger charge is -2.15. The van der Waals surface area contributed by atoms with Gasteiger partial charge in [-0.15, -0.1) is 6.58 Å². The van der Waals surface area contributed by atoms with Crippen LogP contribution in [-0.4, -0.2) is 17.4 Å². The molecule has 2 heterocycles. The molecule has 0 bridgehead atoms. The number of hydrogen-bond acceptors (Lipinski definition) is 2. The number of hydrogen-bond donors (Lipinski definition) is 0. The minimum absolute atomic E-state index is 0.124. The molecule has 0 N–H and O–H groups in total. The normalized spacial score (nSPS) is 20.2. The van der Waals surface area contributed by atoms with Crippen molar-refractivity contribution in [1.82, 2.24) is 4.98 Å². The predicted molar refractivity (Wildman–Crippen MR) is 67.3 cm³/mol. The molecule has 0 saturated carbocycles. The van der Waals surface area contributed by atoms with Crippen LogP contribution in [-0.2, 0) is 4.79 Å². The molecule has 1 aliphatic rings. The second-order valence-electron chi connectivity index (χ2n) is 3.94. The van der Waals surface area contributed by atoms with Crippen molar-refractivity contribution in [1.29, 1.82) is 0 Å². The maximum absolute atomic E-state index is 11.8. The summed E-state index contributed by atoms with van der Waals surface area (Å²) in [6.45, 7) is 6.34. The van der Waals surface area contributed by atoms with Crippen molar-refractivity contribution in [3.8, 4) is 0 Å². The zero-order valence-corrected chi connectivity index (χ0v) is 10.7. The highest BCUT2D eigenvalue weighted by atomic mass is 79.9. The van der Waals surface area contributed by atoms with E-state index in [1.165, 1.54) is 0 Å². The first-order valence-corrected chi connectivity index (χ1v) is 5.97. The van der Waals surface area contributed by atoms with Gasteiger partial charge in [0, 0.05) is 23.4 Å². The molecule has 84 valence electrons. The summed E-state index contributed by atoms with van der Waals surface area (Å²) in [5.74, 6) is 1.10. The number of rotatable bonds is 2. The highest BCUT2D eigenvalue weighted by Crippen LogP contribution is 2.26. The Balaban J connectivity index is 2.27. The van der Waals surface area contributed by atoms with E-state index < -0.39 is 0 Å². The van der Waals surface area contributed by atoms with Crippen molar-refractivity contribution in [3.05, 3.63) is 35.0 Å². The van der Waals surface area contributed by atoms with Gasteiger partial charge in [-0.2, -0.15) is 0 Å². The summed E-state index contributed by atoms with van der Waals surface area (Å²) in [4.78, 5) is 17.9. The summed E-state index contributed by atoms with van der Waals surface area (Å²) in [6.07, 6.45) is 2.38. The number of aromatic nitrogens is 1. The van der Waals surface area contributed by atoms with E-state index in [1.54, 1.807) is 4.90 Å². The minimum Gasteiger partial charge on any atom is -0.296 e. The second kappa shape index (κ2) is 4.37. The lowest BCUT2D eigenvalue weighted by molar-refractivity contribution is -0.117. The van der Waals surface area contributed by atoms with Gasteiger partial charge < -0.3 is 0 Å². The van der Waals surface area contributed by atoms with E-state index in [-0.39, 0.29) is 11.8 Å². The number of anilines is 1. The number of halogens is 1. The fourth-order valence-corrected chi connectivity index (χ4v) is 2.02. The first kappa shape index (κ1) is 11.3. The van der Waals surface area contributed by atoms with Crippen LogP contribution in [0.3, 0.4) is 0 Å². The van der Waals surface area contributed by atoms with E-state index in [0.29, 0.717) is 13.0 Å². The van der Waals surface area contributed by atoms with E-state index >= 15 is 0 Å². The van der Waals surface area contributed by atoms with Crippen molar-refractivity contribution in [2.24, 2.45) is 5.92 Å². The Morgan fingerprint density at radius 1 is 1.62 bits per heavy atom. The fraction of sp³-hybridized carbons (Fsp3) is 0.333. The zero-order valence-electron chi connectivity index (χ0n) is 9.11. The van der Waals surface area contributed by atoms with Crippen LogP contribution in [0.15, 0.2) is 29.3 Å². The molecule has 1 aromatic heterocycles. The minimum atomic E-state index is 0.124. The molecule has 16 heavy (non-hydrogen) atoms. The number of carbonyl (C=O) groups is 1. The van der Waals surface area contributed by atoms with Gasteiger partial charge in [0.2, 0.25) is 5.91 Å². The molecule has 1 unspecified atom stereocenters. The maximum Gasteiger partial charge on any atom is 0.228 e. The van der Waals surface area contributed by atoms with Crippen LogP contribution in [0.1, 0.15) is 12.1 Å². The predicted octanol–water partition coefficient (Wildman–Crippen LogP) is 2.69. The van der Waals surface area contributed by atoms with Crippen molar-refractivity contribution >= 4 is 27.7 Å². The Kier molecular flexibility index (Phi) is 3.10. The molecule has 0 aromatic carbocycles. The lowest BCUT2D eigenvalue weighted by Crippen LogP contribution is -2.25. The highest BCUT2D eigenvalue weighted by Gasteiger charge is 2.29. The summed E-state index contributed by atoms with van der Waals surface area (Å²) in [5, 5.41) is 0. The molecule has 1 aliphatic heterocycles. The molecule has 1 atom stereocenters. The summed E-state index contributed by atoms with van der Waals surface area (Å²) in [5.41, 5.74) is 0.896. The first-order chi connectivity index (χ1) is 7.61. The van der Waals surface area contributed by atoms with Crippen molar-refractivity contribution in [3.63, 3.8) is 0 Å². The molecule has 3 nitrogen and oxygen atoms in total. The van der Waals surface area contributed by atoms with Gasteiger partial charge in [0.15, 0.2) is 0 Å². The Hall–Kier alpha value is -1.16. The van der Waals surface area contributed by atoms with E-state index in [1.807, 2.05) is 25.1 Å². The van der Waals surface area contributed by atoms with Crippen LogP contribution in [0.25, 0.3) is 0 Å². The van der Waals surface area contributed by atoms with Crippen LogP contribution in [0.5, 0.6) is 0 Å². The molecule has 1 amide bonds. The third-order valence-electron chi connectivity index (χ3n) is 2.77. The molecule has 2 rings (SSSR count). The van der Waals surface area contributed by atoms with E-state index in [9.17, 15) is 4.79 Å². The average Bonchev–Trinajstić information content (AvgIpc) is 2.64. The summed E-state index contributed by atoms with van der Waals surface area (Å²) >= 11 is 3.40. The van der Waals surface area contributed by atoms with Crippen molar-refractivity contribution in [2.75, 3.05) is 11.4 Å². The second-order valence-corrected chi connectivity index (χ2v) is 4.80. The van der Waals surface area contributed by atoms with Crippen LogP contribution in [0.4, 0.5) is 5.82 Å². The summed E-state index contributed by atoms with van der Waals surface area (Å²) in [7, 11) is 0. The van der Waals surface area contributed by atoms with Gasteiger partial charge in [0.1, 0.15) is 5.82 Å². The topological polar surface area (TPSA) is 33.2 Å². The van der Waals surface area contributed by atoms with Gasteiger partial charge in [-0.1, -0.05) is 6.08 Å². The molecule has 0 radical (unpaired) electrons. The van der Waals surface area contributed by atoms with Gasteiger partial charge >= 0.3 is 0 Å². The van der Waals surface area contributed by atoms with Gasteiger partial charge in [-0.25, -0.2) is 4.98 Å². The monoisotopic (exact) mass is 280 g/mol. The number of pyridine rings is 1. The molecule has 0 aliphatic carbocycles. The molecule has 4 heteroatoms. The van der Waals surface area contributed by atoms with Crippen molar-refractivity contribution < 1.29 is 4.79 Å². The first-order valence-electron chi connectivity index (χ1n) is 5.18. The average molecular weight is 281 g/mol. The molecule has 1 saturated heterocycles. The van der Waals surface area contributed by atoms with Crippen LogP contribution >= 0.6 is 15.9 Å². The van der Waals surface area contributed by atoms with Gasteiger partial charge in [-0.05, 0) is 35.0 Å². The maximum atomic E-state index is 11.8. The lowest BCUT2D eigenvalue weighted by atomic mass is 10.1. The molecular formula is C12H13BrN2O. The van der Waals surface area contributed by atoms with Gasteiger partial charge in [0.05, 0.1) is 5.69 Å². The number of nitrogens with zero attached hydrogens (tertiary/aromatic N) is 2. The number of aryl methyl sites for hydroxylation is 1. The Bertz CT molecular complexity index is 445. The Morgan fingerprint density at radius 2 is 2.38 bits per heavy atom. The van der Waals surface area contributed by atoms with E-state index in [4.69, 9.17) is 0 Å². The number of amides is 1. The van der Waals surface area contributed by atoms with Gasteiger partial charge in [-0.3, -0.25) is 9.69 Å². The molecule has 1 aromatic rings. The largest absolute Gasteiger partial charge is 0.296 e. The fourth-order valence-electron chi connectivity index (χ4n) is 1.80. The van der Waals surface area contributed by atoms with E-state index in [2.05, 4.69) is 27.5 Å². The van der Waals surface area contributed by atoms with Crippen molar-refractivity contribution in [2.45, 2.75) is 13.3 Å². The third kappa shape index (κ3) is 2.02. The Morgan fingerprint density at radius 3 is 2.94 bits per heavy atom. The standard InChI is InChI=1S/C12H13BrN2O/c1-3-9-6-12(16)15(7-9)11-5-4-10(13)8(2)14-11/h3-5,9H,1,6-7H2,2H3. The summed E-state index contributed by atoms with van der Waals surface area (Å²) in [6, 6.07) is 3.78. The highest BCUT2D eigenvalue weighted by molar-refractivity contribution is 9.10. The Labute approximate surface area is 103 Å². The van der Waals surface area contributed by atoms with Crippen LogP contribution in [0.2, 0.25) is 0 Å². The SMILES string of the molecule is C=CC1CC(=O)N(c2ccc(Br)c(C)n2)C1. The summed E-state index contributed by atoms with van der Waals surface area (Å²) < 4.78 is 0.961. The van der Waals surface area contributed by atoms with Crippen LogP contribution < -0.4 is 4.90 Å². The van der Waals surface area contributed by atoms with E-state index in [0.717, 1.165) is 16.0 Å². The molecule has 0 spiro atoms. The quantitative estimate of drug-likeness (QED) is 0.781.